The standard InChI is InChI=1S/C16H20N6/c1-20-15-7-3-2-6-14(15)19-16(20)10-21-8-4-5-13(21)9-22-12-17-11-18-22/h2-3,6-7,11-13H,4-5,8-10H2,1H3/t13-/m0/s1. The third-order valence-corrected chi connectivity index (χ3v) is 4.59. The highest BCUT2D eigenvalue weighted by molar-refractivity contribution is 5.75. The summed E-state index contributed by atoms with van der Waals surface area (Å²) in [6, 6.07) is 8.83. The van der Waals surface area contributed by atoms with Crippen LogP contribution in [0.25, 0.3) is 11.0 Å². The second-order valence-electron chi connectivity index (χ2n) is 5.96. The summed E-state index contributed by atoms with van der Waals surface area (Å²) in [6.45, 7) is 2.93. The Bertz CT molecular complexity index is 760. The van der Waals surface area contributed by atoms with Crippen LogP contribution in [0, 0.1) is 0 Å². The Labute approximate surface area is 129 Å². The van der Waals surface area contributed by atoms with E-state index in [1.807, 2.05) is 10.7 Å². The monoisotopic (exact) mass is 296 g/mol. The quantitative estimate of drug-likeness (QED) is 0.737. The highest BCUT2D eigenvalue weighted by atomic mass is 15.3. The van der Waals surface area contributed by atoms with Crippen molar-refractivity contribution >= 4 is 11.0 Å². The number of hydrogen-bond donors (Lipinski definition) is 0. The van der Waals surface area contributed by atoms with Gasteiger partial charge >= 0.3 is 0 Å². The first-order valence-electron chi connectivity index (χ1n) is 7.78. The molecule has 1 saturated heterocycles. The molecule has 0 spiro atoms. The number of rotatable bonds is 4. The molecule has 0 bridgehead atoms. The molecule has 0 N–H and O–H groups in total. The Hall–Kier alpha value is -2.21. The molecule has 1 aliphatic heterocycles. The van der Waals surface area contributed by atoms with Crippen molar-refractivity contribution in [3.8, 4) is 0 Å². The molecule has 0 aliphatic carbocycles. The van der Waals surface area contributed by atoms with Crippen LogP contribution >= 0.6 is 0 Å². The van der Waals surface area contributed by atoms with Gasteiger partial charge in [0, 0.05) is 13.1 Å². The van der Waals surface area contributed by atoms with E-state index in [1.165, 1.54) is 18.4 Å². The van der Waals surface area contributed by atoms with Crippen molar-refractivity contribution in [3.05, 3.63) is 42.7 Å². The SMILES string of the molecule is Cn1c(CN2CCC[C@H]2Cn2cncn2)nc2ccccc21. The van der Waals surface area contributed by atoms with Gasteiger partial charge in [-0.25, -0.2) is 9.97 Å². The average molecular weight is 296 g/mol. The van der Waals surface area contributed by atoms with Crippen LogP contribution in [0.4, 0.5) is 0 Å². The number of benzene rings is 1. The van der Waals surface area contributed by atoms with E-state index in [0.717, 1.165) is 31.0 Å². The van der Waals surface area contributed by atoms with Crippen molar-refractivity contribution in [1.82, 2.24) is 29.2 Å². The smallest absolute Gasteiger partial charge is 0.137 e. The van der Waals surface area contributed by atoms with Crippen LogP contribution < -0.4 is 0 Å². The first-order valence-corrected chi connectivity index (χ1v) is 7.78. The van der Waals surface area contributed by atoms with E-state index >= 15 is 0 Å². The van der Waals surface area contributed by atoms with Gasteiger partial charge in [0.2, 0.25) is 0 Å². The molecule has 1 aromatic carbocycles. The molecular weight excluding hydrogens is 276 g/mol. The molecule has 4 rings (SSSR count). The van der Waals surface area contributed by atoms with Crippen molar-refractivity contribution in [3.63, 3.8) is 0 Å². The van der Waals surface area contributed by atoms with Crippen LogP contribution in [0.2, 0.25) is 0 Å². The minimum absolute atomic E-state index is 0.515. The summed E-state index contributed by atoms with van der Waals surface area (Å²) >= 11 is 0. The Morgan fingerprint density at radius 1 is 1.27 bits per heavy atom. The van der Waals surface area contributed by atoms with Gasteiger partial charge in [0.05, 0.1) is 24.1 Å². The maximum atomic E-state index is 4.79. The summed E-state index contributed by atoms with van der Waals surface area (Å²) in [5, 5.41) is 4.23. The van der Waals surface area contributed by atoms with E-state index in [0.29, 0.717) is 6.04 Å². The Kier molecular flexibility index (Phi) is 3.38. The van der Waals surface area contributed by atoms with Crippen LogP contribution in [-0.2, 0) is 20.1 Å². The fraction of sp³-hybridized carbons (Fsp3) is 0.438. The van der Waals surface area contributed by atoms with E-state index in [1.54, 1.807) is 12.7 Å². The van der Waals surface area contributed by atoms with E-state index in [-0.39, 0.29) is 0 Å². The normalized spacial score (nSPS) is 19.2. The van der Waals surface area contributed by atoms with Gasteiger partial charge < -0.3 is 4.57 Å². The lowest BCUT2D eigenvalue weighted by atomic mass is 10.2. The lowest BCUT2D eigenvalue weighted by Crippen LogP contribution is -2.33. The molecule has 6 nitrogen and oxygen atoms in total. The molecule has 0 saturated carbocycles. The fourth-order valence-corrected chi connectivity index (χ4v) is 3.37. The van der Waals surface area contributed by atoms with Crippen LogP contribution in [-0.4, -0.2) is 41.8 Å². The molecule has 0 unspecified atom stereocenters. The number of aryl methyl sites for hydroxylation is 1. The fourth-order valence-electron chi connectivity index (χ4n) is 3.37. The maximum absolute atomic E-state index is 4.79. The van der Waals surface area contributed by atoms with Crippen molar-refractivity contribution in [1.29, 1.82) is 0 Å². The number of fused-ring (bicyclic) bond motifs is 1. The second-order valence-corrected chi connectivity index (χ2v) is 5.96. The summed E-state index contributed by atoms with van der Waals surface area (Å²) in [5.74, 6) is 1.13. The molecular formula is C16H20N6. The van der Waals surface area contributed by atoms with Gasteiger partial charge in [-0.1, -0.05) is 12.1 Å². The summed E-state index contributed by atoms with van der Waals surface area (Å²) in [7, 11) is 2.10. The summed E-state index contributed by atoms with van der Waals surface area (Å²) in [6.07, 6.45) is 5.85. The molecule has 2 aromatic heterocycles. The van der Waals surface area contributed by atoms with Crippen LogP contribution in [0.5, 0.6) is 0 Å². The molecule has 3 heterocycles. The van der Waals surface area contributed by atoms with Crippen LogP contribution in [0.15, 0.2) is 36.9 Å². The predicted octanol–water partition coefficient (Wildman–Crippen LogP) is 1.83. The molecule has 3 aromatic rings. The Balaban J connectivity index is 1.54. The largest absolute Gasteiger partial charge is 0.330 e. The highest BCUT2D eigenvalue weighted by Gasteiger charge is 2.26. The zero-order valence-corrected chi connectivity index (χ0v) is 12.8. The number of para-hydroxylation sites is 2. The van der Waals surface area contributed by atoms with E-state index in [4.69, 9.17) is 4.98 Å². The van der Waals surface area contributed by atoms with E-state index < -0.39 is 0 Å². The van der Waals surface area contributed by atoms with E-state index in [2.05, 4.69) is 44.8 Å². The molecule has 1 atom stereocenters. The number of hydrogen-bond acceptors (Lipinski definition) is 4. The average Bonchev–Trinajstić information content (AvgIpc) is 3.25. The van der Waals surface area contributed by atoms with Gasteiger partial charge in [0.25, 0.3) is 0 Å². The highest BCUT2D eigenvalue weighted by Crippen LogP contribution is 2.22. The molecule has 1 aliphatic rings. The first-order chi connectivity index (χ1) is 10.8. The van der Waals surface area contributed by atoms with Crippen molar-refractivity contribution in [2.45, 2.75) is 32.0 Å². The molecule has 0 radical (unpaired) electrons. The number of imidazole rings is 1. The lowest BCUT2D eigenvalue weighted by molar-refractivity contribution is 0.212. The van der Waals surface area contributed by atoms with Gasteiger partial charge in [0.15, 0.2) is 0 Å². The molecule has 6 heteroatoms. The van der Waals surface area contributed by atoms with Gasteiger partial charge in [0.1, 0.15) is 18.5 Å². The lowest BCUT2D eigenvalue weighted by Gasteiger charge is -2.23. The zero-order chi connectivity index (χ0) is 14.9. The minimum Gasteiger partial charge on any atom is -0.330 e. The molecule has 22 heavy (non-hydrogen) atoms. The van der Waals surface area contributed by atoms with Crippen LogP contribution in [0.1, 0.15) is 18.7 Å². The van der Waals surface area contributed by atoms with Crippen molar-refractivity contribution in [2.75, 3.05) is 6.54 Å². The second kappa shape index (κ2) is 5.53. The van der Waals surface area contributed by atoms with Gasteiger partial charge in [-0.2, -0.15) is 5.10 Å². The topological polar surface area (TPSA) is 51.8 Å². The Morgan fingerprint density at radius 2 is 2.18 bits per heavy atom. The van der Waals surface area contributed by atoms with Crippen molar-refractivity contribution < 1.29 is 0 Å². The summed E-state index contributed by atoms with van der Waals surface area (Å²) < 4.78 is 4.14. The van der Waals surface area contributed by atoms with Crippen molar-refractivity contribution in [2.24, 2.45) is 7.05 Å². The van der Waals surface area contributed by atoms with Gasteiger partial charge in [-0.3, -0.25) is 9.58 Å². The molecule has 114 valence electrons. The predicted molar refractivity (Wildman–Crippen MR) is 84.2 cm³/mol. The Morgan fingerprint density at radius 3 is 3.00 bits per heavy atom. The maximum Gasteiger partial charge on any atom is 0.137 e. The van der Waals surface area contributed by atoms with Gasteiger partial charge in [-0.15, -0.1) is 0 Å². The number of nitrogens with zero attached hydrogens (tertiary/aromatic N) is 6. The summed E-state index contributed by atoms with van der Waals surface area (Å²) in [4.78, 5) is 11.3. The molecule has 1 fully saturated rings. The third kappa shape index (κ3) is 2.39. The zero-order valence-electron chi connectivity index (χ0n) is 12.8. The van der Waals surface area contributed by atoms with E-state index in [9.17, 15) is 0 Å². The molecule has 0 amide bonds. The third-order valence-electron chi connectivity index (χ3n) is 4.59. The minimum atomic E-state index is 0.515. The van der Waals surface area contributed by atoms with Gasteiger partial charge in [-0.05, 0) is 31.5 Å². The number of likely N-dealkylation sites (tertiary alicyclic amines) is 1. The van der Waals surface area contributed by atoms with Crippen LogP contribution in [0.3, 0.4) is 0 Å². The number of aromatic nitrogens is 5. The summed E-state index contributed by atoms with van der Waals surface area (Å²) in [5.41, 5.74) is 2.27. The first kappa shape index (κ1) is 13.5.